The van der Waals surface area contributed by atoms with Crippen molar-refractivity contribution in [3.8, 4) is 5.75 Å². The lowest BCUT2D eigenvalue weighted by Gasteiger charge is -2.09. The quantitative estimate of drug-likeness (QED) is 0.702. The number of carbonyl (C=O) groups excluding carboxylic acids is 1. The zero-order valence-corrected chi connectivity index (χ0v) is 13.8. The molecule has 0 unspecified atom stereocenters. The maximum Gasteiger partial charge on any atom is 0.248 e. The number of ether oxygens (including phenoxy) is 1. The first-order valence-corrected chi connectivity index (χ1v) is 7.82. The highest BCUT2D eigenvalue weighted by atomic mass is 16.5. The second kappa shape index (κ2) is 7.59. The number of hydrogen-bond acceptors (Lipinski definition) is 4. The number of nitrogens with zero attached hydrogens (tertiary/aromatic N) is 1. The lowest BCUT2D eigenvalue weighted by Crippen LogP contribution is -2.08. The summed E-state index contributed by atoms with van der Waals surface area (Å²) in [6.45, 7) is -0.161. The highest BCUT2D eigenvalue weighted by Crippen LogP contribution is 2.23. The molecule has 0 bridgehead atoms. The average molecular weight is 334 g/mol. The summed E-state index contributed by atoms with van der Waals surface area (Å²) >= 11 is 0. The van der Waals surface area contributed by atoms with E-state index in [9.17, 15) is 9.90 Å². The molecule has 0 saturated heterocycles. The molecule has 0 fully saturated rings. The number of aliphatic hydroxyl groups excluding tert-OH is 1. The zero-order valence-electron chi connectivity index (χ0n) is 13.8. The van der Waals surface area contributed by atoms with E-state index in [2.05, 4.69) is 10.3 Å². The Bertz CT molecular complexity index is 930. The normalized spacial score (nSPS) is 11.0. The van der Waals surface area contributed by atoms with Crippen LogP contribution in [0.3, 0.4) is 0 Å². The first-order chi connectivity index (χ1) is 12.2. The number of fused-ring (bicyclic) bond motifs is 1. The molecule has 0 radical (unpaired) electrons. The topological polar surface area (TPSA) is 71.5 Å². The third kappa shape index (κ3) is 3.84. The molecule has 0 aliphatic carbocycles. The van der Waals surface area contributed by atoms with E-state index in [1.54, 1.807) is 30.5 Å². The van der Waals surface area contributed by atoms with Crippen LogP contribution in [0.15, 0.2) is 60.8 Å². The van der Waals surface area contributed by atoms with Crippen LogP contribution in [0.2, 0.25) is 0 Å². The van der Waals surface area contributed by atoms with Gasteiger partial charge in [-0.05, 0) is 42.0 Å². The van der Waals surface area contributed by atoms with E-state index in [1.807, 2.05) is 30.3 Å². The number of hydrogen-bond donors (Lipinski definition) is 2. The molecule has 0 saturated carbocycles. The van der Waals surface area contributed by atoms with Crippen LogP contribution < -0.4 is 10.1 Å². The summed E-state index contributed by atoms with van der Waals surface area (Å²) in [7, 11) is 1.54. The van der Waals surface area contributed by atoms with Crippen LogP contribution in [0.1, 0.15) is 11.1 Å². The molecular formula is C20H18N2O3. The number of carbonyl (C=O) groups is 1. The van der Waals surface area contributed by atoms with E-state index in [-0.39, 0.29) is 12.5 Å². The summed E-state index contributed by atoms with van der Waals surface area (Å²) in [5.41, 5.74) is 3.02. The van der Waals surface area contributed by atoms with Crippen LogP contribution in [-0.2, 0) is 11.4 Å². The van der Waals surface area contributed by atoms with E-state index in [4.69, 9.17) is 4.74 Å². The summed E-state index contributed by atoms with van der Waals surface area (Å²) in [6, 6.07) is 14.8. The first-order valence-electron chi connectivity index (χ1n) is 7.82. The van der Waals surface area contributed by atoms with Gasteiger partial charge in [0.15, 0.2) is 0 Å². The summed E-state index contributed by atoms with van der Waals surface area (Å²) in [5.74, 6) is 0.328. The molecule has 0 aliphatic heterocycles. The Morgan fingerprint density at radius 2 is 2.08 bits per heavy atom. The Labute approximate surface area is 145 Å². The Morgan fingerprint density at radius 1 is 1.24 bits per heavy atom. The van der Waals surface area contributed by atoms with Crippen LogP contribution in [-0.4, -0.2) is 23.1 Å². The molecule has 1 aromatic heterocycles. The second-order valence-corrected chi connectivity index (χ2v) is 5.42. The average Bonchev–Trinajstić information content (AvgIpc) is 2.66. The van der Waals surface area contributed by atoms with Crippen molar-refractivity contribution in [2.24, 2.45) is 0 Å². The number of aliphatic hydroxyl groups is 1. The number of methoxy groups -OCH3 is 1. The number of pyridine rings is 1. The van der Waals surface area contributed by atoms with Crippen molar-refractivity contribution < 1.29 is 14.6 Å². The molecule has 0 aliphatic rings. The maximum absolute atomic E-state index is 12.2. The van der Waals surface area contributed by atoms with Gasteiger partial charge < -0.3 is 15.2 Å². The third-order valence-electron chi connectivity index (χ3n) is 3.82. The van der Waals surface area contributed by atoms with Gasteiger partial charge in [-0.3, -0.25) is 9.78 Å². The number of para-hydroxylation sites is 1. The Kier molecular flexibility index (Phi) is 5.06. The molecule has 5 nitrogen and oxygen atoms in total. The van der Waals surface area contributed by atoms with Crippen molar-refractivity contribution in [1.82, 2.24) is 4.98 Å². The van der Waals surface area contributed by atoms with Crippen molar-refractivity contribution in [2.75, 3.05) is 12.4 Å². The standard InChI is InChI=1S/C20H18N2O3/c1-25-19-8-7-16(12-15(19)13-23)22-20(24)9-6-14-10-11-21-18-5-3-2-4-17(14)18/h2-12,23H,13H2,1H3,(H,22,24)/b9-6+. The lowest BCUT2D eigenvalue weighted by molar-refractivity contribution is -0.111. The fourth-order valence-electron chi connectivity index (χ4n) is 2.59. The molecule has 126 valence electrons. The van der Waals surface area contributed by atoms with Gasteiger partial charge in [0, 0.05) is 28.9 Å². The summed E-state index contributed by atoms with van der Waals surface area (Å²) in [5, 5.41) is 13.1. The minimum absolute atomic E-state index is 0.161. The van der Waals surface area contributed by atoms with Crippen molar-refractivity contribution >= 4 is 28.6 Å². The van der Waals surface area contributed by atoms with Crippen molar-refractivity contribution in [3.63, 3.8) is 0 Å². The van der Waals surface area contributed by atoms with E-state index in [1.165, 1.54) is 13.2 Å². The van der Waals surface area contributed by atoms with Crippen LogP contribution >= 0.6 is 0 Å². The predicted octanol–water partition coefficient (Wildman–Crippen LogP) is 3.39. The fourth-order valence-corrected chi connectivity index (χ4v) is 2.59. The molecular weight excluding hydrogens is 316 g/mol. The van der Waals surface area contributed by atoms with Gasteiger partial charge in [0.1, 0.15) is 5.75 Å². The van der Waals surface area contributed by atoms with E-state index < -0.39 is 0 Å². The van der Waals surface area contributed by atoms with Crippen molar-refractivity contribution in [2.45, 2.75) is 6.61 Å². The van der Waals surface area contributed by atoms with Gasteiger partial charge in [-0.25, -0.2) is 0 Å². The summed E-state index contributed by atoms with van der Waals surface area (Å²) < 4.78 is 5.15. The predicted molar refractivity (Wildman–Crippen MR) is 98.3 cm³/mol. The van der Waals surface area contributed by atoms with Crippen LogP contribution in [0, 0.1) is 0 Å². The minimum Gasteiger partial charge on any atom is -0.496 e. The molecule has 5 heteroatoms. The molecule has 1 heterocycles. The van der Waals surface area contributed by atoms with Crippen LogP contribution in [0.4, 0.5) is 5.69 Å². The number of benzene rings is 2. The molecule has 2 N–H and O–H groups in total. The van der Waals surface area contributed by atoms with Gasteiger partial charge in [-0.2, -0.15) is 0 Å². The minimum atomic E-state index is -0.255. The molecule has 2 aromatic carbocycles. The van der Waals surface area contributed by atoms with Gasteiger partial charge in [0.25, 0.3) is 0 Å². The molecule has 0 spiro atoms. The third-order valence-corrected chi connectivity index (χ3v) is 3.82. The highest BCUT2D eigenvalue weighted by Gasteiger charge is 2.05. The van der Waals surface area contributed by atoms with E-state index in [0.29, 0.717) is 17.0 Å². The van der Waals surface area contributed by atoms with E-state index in [0.717, 1.165) is 16.5 Å². The smallest absolute Gasteiger partial charge is 0.248 e. The van der Waals surface area contributed by atoms with E-state index >= 15 is 0 Å². The first kappa shape index (κ1) is 16.7. The number of anilines is 1. The van der Waals surface area contributed by atoms with Crippen molar-refractivity contribution in [3.05, 3.63) is 71.9 Å². The van der Waals surface area contributed by atoms with Crippen LogP contribution in [0.25, 0.3) is 17.0 Å². The SMILES string of the molecule is COc1ccc(NC(=O)/C=C/c2ccnc3ccccc23)cc1CO. The second-order valence-electron chi connectivity index (χ2n) is 5.42. The lowest BCUT2D eigenvalue weighted by atomic mass is 10.1. The number of rotatable bonds is 5. The molecule has 25 heavy (non-hydrogen) atoms. The van der Waals surface area contributed by atoms with Gasteiger partial charge in [-0.15, -0.1) is 0 Å². The molecule has 1 amide bonds. The number of aromatic nitrogens is 1. The monoisotopic (exact) mass is 334 g/mol. The highest BCUT2D eigenvalue weighted by molar-refractivity contribution is 6.03. The van der Waals surface area contributed by atoms with Crippen molar-refractivity contribution in [1.29, 1.82) is 0 Å². The molecule has 3 rings (SSSR count). The maximum atomic E-state index is 12.2. The Morgan fingerprint density at radius 3 is 2.88 bits per heavy atom. The fraction of sp³-hybridized carbons (Fsp3) is 0.100. The largest absolute Gasteiger partial charge is 0.496 e. The van der Waals surface area contributed by atoms with Gasteiger partial charge in [0.05, 0.1) is 19.2 Å². The Hall–Kier alpha value is -3.18. The number of amides is 1. The Balaban J connectivity index is 1.77. The van der Waals surface area contributed by atoms with Crippen LogP contribution in [0.5, 0.6) is 5.75 Å². The van der Waals surface area contributed by atoms with Gasteiger partial charge in [-0.1, -0.05) is 18.2 Å². The van der Waals surface area contributed by atoms with Gasteiger partial charge >= 0.3 is 0 Å². The zero-order chi connectivity index (χ0) is 17.6. The van der Waals surface area contributed by atoms with Gasteiger partial charge in [0.2, 0.25) is 5.91 Å². The summed E-state index contributed by atoms with van der Waals surface area (Å²) in [6.07, 6.45) is 4.96. The molecule has 3 aromatic rings. The number of nitrogens with one attached hydrogen (secondary N) is 1. The molecule has 0 atom stereocenters. The summed E-state index contributed by atoms with van der Waals surface area (Å²) in [4.78, 5) is 16.5.